The molecule has 0 atom stereocenters. The van der Waals surface area contributed by atoms with Crippen LogP contribution in [0.1, 0.15) is 27.8 Å². The largest absolute Gasteiger partial charge is 0.135 e. The van der Waals surface area contributed by atoms with Gasteiger partial charge in [0.05, 0.1) is 5.41 Å². The van der Waals surface area contributed by atoms with E-state index in [0.717, 1.165) is 0 Å². The molecule has 0 N–H and O–H groups in total. The molecule has 1 heteroatoms. The van der Waals surface area contributed by atoms with Gasteiger partial charge in [-0.25, -0.2) is 0 Å². The molecule has 2 aliphatic rings. The van der Waals surface area contributed by atoms with E-state index < -0.39 is 0 Å². The fourth-order valence-electron chi connectivity index (χ4n) is 7.51. The molecule has 0 amide bonds. The lowest BCUT2D eigenvalue weighted by atomic mass is 9.70. The van der Waals surface area contributed by atoms with Gasteiger partial charge in [-0.15, -0.1) is 11.3 Å². The Balaban J connectivity index is 1.40. The van der Waals surface area contributed by atoms with Gasteiger partial charge in [-0.2, -0.15) is 0 Å². The van der Waals surface area contributed by atoms with Crippen LogP contribution in [-0.2, 0) is 5.41 Å². The van der Waals surface area contributed by atoms with Gasteiger partial charge in [0.15, 0.2) is 0 Å². The van der Waals surface area contributed by atoms with Gasteiger partial charge in [-0.05, 0) is 80.3 Å². The molecule has 6 aromatic carbocycles. The maximum Gasteiger partial charge on any atom is 0.0725 e. The second-order valence-corrected chi connectivity index (χ2v) is 11.9. The van der Waals surface area contributed by atoms with Gasteiger partial charge in [0.1, 0.15) is 0 Å². The maximum absolute atomic E-state index is 2.51. The average Bonchev–Trinajstić information content (AvgIpc) is 3.61. The molecule has 2 aliphatic carbocycles. The molecule has 0 radical (unpaired) electrons. The van der Waals surface area contributed by atoms with Crippen LogP contribution in [0.15, 0.2) is 127 Å². The predicted molar refractivity (Wildman–Crippen MR) is 166 cm³/mol. The Bertz CT molecular complexity index is 2100. The predicted octanol–water partition coefficient (Wildman–Crippen LogP) is 10.4. The summed E-state index contributed by atoms with van der Waals surface area (Å²) >= 11 is 1.91. The number of aryl methyl sites for hydroxylation is 1. The second kappa shape index (κ2) is 7.56. The highest BCUT2D eigenvalue weighted by Gasteiger charge is 2.51. The molecule has 0 unspecified atom stereocenters. The molecule has 9 rings (SSSR count). The first-order chi connectivity index (χ1) is 19.3. The summed E-state index contributed by atoms with van der Waals surface area (Å²) in [6, 6.07) is 47.8. The first-order valence-electron chi connectivity index (χ1n) is 13.6. The summed E-state index contributed by atoms with van der Waals surface area (Å²) in [5, 5.41) is 2.69. The van der Waals surface area contributed by atoms with Crippen LogP contribution in [0.5, 0.6) is 0 Å². The molecule has 7 aromatic rings. The average molecular weight is 513 g/mol. The van der Waals surface area contributed by atoms with Crippen molar-refractivity contribution < 1.29 is 0 Å². The third kappa shape index (κ3) is 2.59. The summed E-state index contributed by atoms with van der Waals surface area (Å²) in [6.07, 6.45) is 0. The van der Waals surface area contributed by atoms with Crippen LogP contribution >= 0.6 is 11.3 Å². The first kappa shape index (κ1) is 21.5. The van der Waals surface area contributed by atoms with Crippen molar-refractivity contribution in [3.63, 3.8) is 0 Å². The molecule has 1 heterocycles. The van der Waals surface area contributed by atoms with Crippen LogP contribution in [0, 0.1) is 6.92 Å². The third-order valence-electron chi connectivity index (χ3n) is 9.04. The van der Waals surface area contributed by atoms with E-state index in [0.29, 0.717) is 0 Å². The van der Waals surface area contributed by atoms with Crippen molar-refractivity contribution in [1.29, 1.82) is 0 Å². The number of rotatable bonds is 1. The van der Waals surface area contributed by atoms with Crippen LogP contribution in [0.2, 0.25) is 0 Å². The lowest BCUT2D eigenvalue weighted by molar-refractivity contribution is 0.793. The zero-order chi connectivity index (χ0) is 25.7. The van der Waals surface area contributed by atoms with Crippen molar-refractivity contribution in [3.05, 3.63) is 155 Å². The summed E-state index contributed by atoms with van der Waals surface area (Å²) in [6.45, 7) is 2.26. The van der Waals surface area contributed by atoms with Crippen molar-refractivity contribution in [2.24, 2.45) is 0 Å². The van der Waals surface area contributed by atoms with Crippen LogP contribution in [0.4, 0.5) is 0 Å². The van der Waals surface area contributed by atoms with E-state index in [1.807, 2.05) is 11.3 Å². The zero-order valence-corrected chi connectivity index (χ0v) is 22.3. The normalized spacial score (nSPS) is 14.0. The molecular weight excluding hydrogens is 488 g/mol. The number of hydrogen-bond donors (Lipinski definition) is 0. The van der Waals surface area contributed by atoms with Crippen molar-refractivity contribution in [2.75, 3.05) is 0 Å². The molecule has 1 aromatic heterocycles. The van der Waals surface area contributed by atoms with Gasteiger partial charge in [-0.1, -0.05) is 115 Å². The van der Waals surface area contributed by atoms with Crippen LogP contribution in [-0.4, -0.2) is 0 Å². The minimum Gasteiger partial charge on any atom is -0.135 e. The molecule has 182 valence electrons. The molecule has 0 nitrogen and oxygen atoms in total. The second-order valence-electron chi connectivity index (χ2n) is 10.9. The Morgan fingerprint density at radius 1 is 0.487 bits per heavy atom. The van der Waals surface area contributed by atoms with Crippen molar-refractivity contribution in [3.8, 4) is 33.4 Å². The van der Waals surface area contributed by atoms with Crippen LogP contribution in [0.25, 0.3) is 53.6 Å². The Labute approximate surface area is 231 Å². The highest BCUT2D eigenvalue weighted by Crippen LogP contribution is 2.63. The number of thiophene rings is 1. The van der Waals surface area contributed by atoms with Crippen LogP contribution in [0.3, 0.4) is 0 Å². The summed E-state index contributed by atoms with van der Waals surface area (Å²) in [7, 11) is 0. The molecule has 0 bridgehead atoms. The van der Waals surface area contributed by atoms with Gasteiger partial charge in [0.25, 0.3) is 0 Å². The molecule has 39 heavy (non-hydrogen) atoms. The Kier molecular flexibility index (Phi) is 4.16. The topological polar surface area (TPSA) is 0 Å². The maximum atomic E-state index is 2.51. The molecule has 0 fully saturated rings. The third-order valence-corrected chi connectivity index (χ3v) is 10.3. The van der Waals surface area contributed by atoms with Crippen molar-refractivity contribution >= 4 is 31.5 Å². The van der Waals surface area contributed by atoms with E-state index in [9.17, 15) is 0 Å². The first-order valence-corrected chi connectivity index (χ1v) is 14.4. The monoisotopic (exact) mass is 512 g/mol. The van der Waals surface area contributed by atoms with Gasteiger partial charge >= 0.3 is 0 Å². The number of hydrogen-bond acceptors (Lipinski definition) is 1. The summed E-state index contributed by atoms with van der Waals surface area (Å²) in [4.78, 5) is 0. The van der Waals surface area contributed by atoms with E-state index in [-0.39, 0.29) is 5.41 Å². The molecular formula is C38H24S. The van der Waals surface area contributed by atoms with Gasteiger partial charge in [0, 0.05) is 20.2 Å². The standard InChI is InChI=1S/C38H24S/c1-23-10-8-18-33-36(23)30-21-20-24(25-14-9-15-29-28-13-4-7-19-35(28)39-37(25)29)22-34(30)38(33)31-16-5-2-11-26(31)27-12-3-6-17-32(27)38/h2-22H,1H3. The van der Waals surface area contributed by atoms with E-state index in [2.05, 4.69) is 134 Å². The Morgan fingerprint density at radius 3 is 1.95 bits per heavy atom. The van der Waals surface area contributed by atoms with Gasteiger partial charge in [-0.3, -0.25) is 0 Å². The fourth-order valence-corrected chi connectivity index (χ4v) is 8.75. The highest BCUT2D eigenvalue weighted by molar-refractivity contribution is 7.26. The minimum absolute atomic E-state index is 0.312. The van der Waals surface area contributed by atoms with Crippen molar-refractivity contribution in [2.45, 2.75) is 12.3 Å². The van der Waals surface area contributed by atoms with Gasteiger partial charge in [0.2, 0.25) is 0 Å². The smallest absolute Gasteiger partial charge is 0.0725 e. The summed E-state index contributed by atoms with van der Waals surface area (Å²) < 4.78 is 2.71. The van der Waals surface area contributed by atoms with E-state index in [4.69, 9.17) is 0 Å². The van der Waals surface area contributed by atoms with Crippen LogP contribution < -0.4 is 0 Å². The molecule has 0 saturated heterocycles. The summed E-state index contributed by atoms with van der Waals surface area (Å²) in [5.74, 6) is 0. The lowest BCUT2D eigenvalue weighted by Gasteiger charge is -2.30. The van der Waals surface area contributed by atoms with Crippen molar-refractivity contribution in [1.82, 2.24) is 0 Å². The molecule has 0 aliphatic heterocycles. The number of benzene rings is 6. The van der Waals surface area contributed by atoms with E-state index >= 15 is 0 Å². The Hall–Kier alpha value is -4.46. The quantitative estimate of drug-likeness (QED) is 0.205. The molecule has 0 saturated carbocycles. The Morgan fingerprint density at radius 2 is 1.13 bits per heavy atom. The van der Waals surface area contributed by atoms with E-state index in [1.54, 1.807) is 0 Å². The fraction of sp³-hybridized carbons (Fsp3) is 0.0526. The lowest BCUT2D eigenvalue weighted by Crippen LogP contribution is -2.25. The zero-order valence-electron chi connectivity index (χ0n) is 21.5. The molecule has 1 spiro atoms. The van der Waals surface area contributed by atoms with E-state index in [1.165, 1.54) is 81.4 Å². The number of fused-ring (bicyclic) bond motifs is 13. The highest BCUT2D eigenvalue weighted by atomic mass is 32.1. The minimum atomic E-state index is -0.312. The summed E-state index contributed by atoms with van der Waals surface area (Å²) in [5.41, 5.74) is 14.7. The van der Waals surface area contributed by atoms with Gasteiger partial charge < -0.3 is 0 Å². The SMILES string of the molecule is Cc1cccc2c1-c1ccc(-c3cccc4c3sc3ccccc34)cc1C21c2ccccc2-c2ccccc21.